The van der Waals surface area contributed by atoms with Gasteiger partial charge in [-0.25, -0.2) is 0 Å². The van der Waals surface area contributed by atoms with Gasteiger partial charge in [-0.15, -0.1) is 0 Å². The fourth-order valence-corrected chi connectivity index (χ4v) is 2.37. The first kappa shape index (κ1) is 8.96. The molecule has 0 radical (unpaired) electrons. The van der Waals surface area contributed by atoms with Crippen molar-refractivity contribution in [3.8, 4) is 5.75 Å². The molecular weight excluding hydrogens is 202 g/mol. The molecule has 0 fully saturated rings. The van der Waals surface area contributed by atoms with E-state index in [-0.39, 0.29) is 10.8 Å². The van der Waals surface area contributed by atoms with Crippen LogP contribution in [-0.2, 0) is 0 Å². The van der Waals surface area contributed by atoms with Crippen molar-refractivity contribution in [2.45, 2.75) is 6.92 Å². The first-order valence-electron chi connectivity index (χ1n) is 3.96. The normalized spacial score (nSPS) is 10.6. The molecule has 5 heteroatoms. The largest absolute Gasteiger partial charge is 0.508 e. The molecular formula is C9H7NO3S. The summed E-state index contributed by atoms with van der Waals surface area (Å²) in [5.41, 5.74) is 0.617. The summed E-state index contributed by atoms with van der Waals surface area (Å²) in [6.45, 7) is 1.69. The summed E-state index contributed by atoms with van der Waals surface area (Å²) in [7, 11) is 0. The summed E-state index contributed by atoms with van der Waals surface area (Å²) in [5, 5.41) is 20.8. The predicted molar refractivity (Wildman–Crippen MR) is 54.9 cm³/mol. The molecule has 0 amide bonds. The van der Waals surface area contributed by atoms with E-state index in [0.717, 1.165) is 21.4 Å². The second-order valence-electron chi connectivity index (χ2n) is 2.97. The lowest BCUT2D eigenvalue weighted by Gasteiger charge is -1.91. The number of nitro groups is 1. The fraction of sp³-hybridized carbons (Fsp3) is 0.111. The van der Waals surface area contributed by atoms with Gasteiger partial charge in [0, 0.05) is 15.6 Å². The van der Waals surface area contributed by atoms with Crippen LogP contribution in [0.5, 0.6) is 5.75 Å². The van der Waals surface area contributed by atoms with Crippen LogP contribution in [0.25, 0.3) is 10.1 Å². The van der Waals surface area contributed by atoms with Crippen molar-refractivity contribution in [2.75, 3.05) is 0 Å². The molecule has 72 valence electrons. The number of nitrogens with zero attached hydrogens (tertiary/aromatic N) is 1. The van der Waals surface area contributed by atoms with Crippen molar-refractivity contribution in [1.82, 2.24) is 0 Å². The molecule has 1 heterocycles. The molecule has 0 atom stereocenters. The smallest absolute Gasteiger partial charge is 0.328 e. The first-order valence-corrected chi connectivity index (χ1v) is 4.78. The Morgan fingerprint density at radius 3 is 2.86 bits per heavy atom. The van der Waals surface area contributed by atoms with E-state index in [9.17, 15) is 15.2 Å². The van der Waals surface area contributed by atoms with E-state index in [1.807, 2.05) is 0 Å². The van der Waals surface area contributed by atoms with Crippen LogP contribution in [0, 0.1) is 17.0 Å². The second-order valence-corrected chi connectivity index (χ2v) is 4.00. The third-order valence-electron chi connectivity index (χ3n) is 2.06. The Hall–Kier alpha value is -1.62. The molecule has 0 bridgehead atoms. The summed E-state index contributed by atoms with van der Waals surface area (Å²) in [6, 6.07) is 4.77. The standard InChI is InChI=1S/C9H7NO3S/c1-5-7-4-6(11)2-3-8(7)14-9(5)10(12)13/h2-4,11H,1H3. The molecule has 0 saturated carbocycles. The number of aryl methyl sites for hydroxylation is 1. The number of aromatic hydroxyl groups is 1. The third kappa shape index (κ3) is 1.22. The number of hydrogen-bond donors (Lipinski definition) is 1. The minimum Gasteiger partial charge on any atom is -0.508 e. The Morgan fingerprint density at radius 1 is 1.50 bits per heavy atom. The number of benzene rings is 1. The zero-order chi connectivity index (χ0) is 10.3. The average Bonchev–Trinajstić information content (AvgIpc) is 2.44. The molecule has 0 spiro atoms. The van der Waals surface area contributed by atoms with Gasteiger partial charge in [-0.1, -0.05) is 11.3 Å². The Balaban J connectivity index is 2.80. The van der Waals surface area contributed by atoms with Crippen molar-refractivity contribution < 1.29 is 10.0 Å². The zero-order valence-corrected chi connectivity index (χ0v) is 8.17. The van der Waals surface area contributed by atoms with E-state index in [4.69, 9.17) is 0 Å². The first-order chi connectivity index (χ1) is 6.59. The number of hydrogen-bond acceptors (Lipinski definition) is 4. The zero-order valence-electron chi connectivity index (χ0n) is 7.35. The van der Waals surface area contributed by atoms with E-state index < -0.39 is 4.92 Å². The third-order valence-corrected chi connectivity index (χ3v) is 3.28. The molecule has 0 aliphatic rings. The van der Waals surface area contributed by atoms with Crippen molar-refractivity contribution in [2.24, 2.45) is 0 Å². The van der Waals surface area contributed by atoms with Gasteiger partial charge in [-0.2, -0.15) is 0 Å². The number of phenols is 1. The highest BCUT2D eigenvalue weighted by molar-refractivity contribution is 7.22. The van der Waals surface area contributed by atoms with Crippen LogP contribution in [0.2, 0.25) is 0 Å². The monoisotopic (exact) mass is 209 g/mol. The minimum absolute atomic E-state index is 0.133. The summed E-state index contributed by atoms with van der Waals surface area (Å²) in [5.74, 6) is 0.133. The molecule has 2 aromatic rings. The van der Waals surface area contributed by atoms with E-state index in [1.165, 1.54) is 6.07 Å². The van der Waals surface area contributed by atoms with Crippen molar-refractivity contribution >= 4 is 26.4 Å². The number of fused-ring (bicyclic) bond motifs is 1. The molecule has 4 nitrogen and oxygen atoms in total. The number of phenolic OH excluding ortho intramolecular Hbond substituents is 1. The second kappa shape index (κ2) is 2.95. The minimum atomic E-state index is -0.392. The van der Waals surface area contributed by atoms with E-state index >= 15 is 0 Å². The maximum absolute atomic E-state index is 10.6. The van der Waals surface area contributed by atoms with Crippen molar-refractivity contribution in [3.05, 3.63) is 33.9 Å². The highest BCUT2D eigenvalue weighted by Crippen LogP contribution is 2.37. The van der Waals surface area contributed by atoms with Crippen LogP contribution in [0.4, 0.5) is 5.00 Å². The molecule has 14 heavy (non-hydrogen) atoms. The molecule has 2 rings (SSSR count). The Labute approximate surface area is 83.6 Å². The highest BCUT2D eigenvalue weighted by Gasteiger charge is 2.17. The molecule has 0 saturated heterocycles. The van der Waals surface area contributed by atoms with Gasteiger partial charge in [-0.3, -0.25) is 10.1 Å². The quantitative estimate of drug-likeness (QED) is 0.580. The van der Waals surface area contributed by atoms with Crippen LogP contribution in [0.1, 0.15) is 5.56 Å². The number of thiophene rings is 1. The van der Waals surface area contributed by atoms with Gasteiger partial charge >= 0.3 is 5.00 Å². The van der Waals surface area contributed by atoms with Gasteiger partial charge in [0.25, 0.3) is 0 Å². The maximum atomic E-state index is 10.6. The van der Waals surface area contributed by atoms with Gasteiger partial charge in [0.1, 0.15) is 5.75 Å². The average molecular weight is 209 g/mol. The van der Waals surface area contributed by atoms with Crippen LogP contribution in [0.15, 0.2) is 18.2 Å². The van der Waals surface area contributed by atoms with E-state index in [2.05, 4.69) is 0 Å². The Kier molecular flexibility index (Phi) is 1.89. The predicted octanol–water partition coefficient (Wildman–Crippen LogP) is 2.82. The Morgan fingerprint density at radius 2 is 2.21 bits per heavy atom. The molecule has 0 aliphatic heterocycles. The van der Waals surface area contributed by atoms with Gasteiger partial charge in [-0.05, 0) is 25.1 Å². The summed E-state index contributed by atoms with van der Waals surface area (Å²) < 4.78 is 0.826. The van der Waals surface area contributed by atoms with Crippen LogP contribution in [-0.4, -0.2) is 10.0 Å². The van der Waals surface area contributed by atoms with Gasteiger partial charge in [0.2, 0.25) is 0 Å². The van der Waals surface area contributed by atoms with Gasteiger partial charge < -0.3 is 5.11 Å². The molecule has 1 aromatic carbocycles. The van der Waals surface area contributed by atoms with Crippen LogP contribution < -0.4 is 0 Å². The van der Waals surface area contributed by atoms with Crippen LogP contribution >= 0.6 is 11.3 Å². The van der Waals surface area contributed by atoms with Crippen molar-refractivity contribution in [1.29, 1.82) is 0 Å². The SMILES string of the molecule is Cc1c([N+](=O)[O-])sc2ccc(O)cc12. The summed E-state index contributed by atoms with van der Waals surface area (Å²) in [4.78, 5) is 10.2. The molecule has 0 aliphatic carbocycles. The lowest BCUT2D eigenvalue weighted by molar-refractivity contribution is -0.380. The lowest BCUT2D eigenvalue weighted by atomic mass is 10.2. The topological polar surface area (TPSA) is 63.4 Å². The lowest BCUT2D eigenvalue weighted by Crippen LogP contribution is -1.84. The highest BCUT2D eigenvalue weighted by atomic mass is 32.1. The molecule has 0 unspecified atom stereocenters. The van der Waals surface area contributed by atoms with E-state index in [1.54, 1.807) is 19.1 Å². The maximum Gasteiger partial charge on any atom is 0.328 e. The molecule has 1 N–H and O–H groups in total. The number of rotatable bonds is 1. The Bertz CT molecular complexity index is 518. The summed E-state index contributed by atoms with van der Waals surface area (Å²) in [6.07, 6.45) is 0. The fourth-order valence-electron chi connectivity index (χ4n) is 1.37. The van der Waals surface area contributed by atoms with E-state index in [0.29, 0.717) is 5.56 Å². The van der Waals surface area contributed by atoms with Crippen molar-refractivity contribution in [3.63, 3.8) is 0 Å². The van der Waals surface area contributed by atoms with Gasteiger partial charge in [0.05, 0.1) is 4.92 Å². The van der Waals surface area contributed by atoms with Crippen LogP contribution in [0.3, 0.4) is 0 Å². The van der Waals surface area contributed by atoms with Gasteiger partial charge in [0.15, 0.2) is 0 Å². The molecule has 1 aromatic heterocycles. The summed E-state index contributed by atoms with van der Waals surface area (Å²) >= 11 is 1.13.